The van der Waals surface area contributed by atoms with Crippen LogP contribution in [0.4, 0.5) is 5.82 Å². The summed E-state index contributed by atoms with van der Waals surface area (Å²) in [6, 6.07) is 4.22. The first-order chi connectivity index (χ1) is 7.19. The van der Waals surface area contributed by atoms with Gasteiger partial charge in [-0.1, -0.05) is 0 Å². The second-order valence-electron chi connectivity index (χ2n) is 3.57. The van der Waals surface area contributed by atoms with E-state index in [1.54, 1.807) is 13.3 Å². The molecule has 15 heavy (non-hydrogen) atoms. The van der Waals surface area contributed by atoms with Gasteiger partial charge in [-0.15, -0.1) is 11.6 Å². The fourth-order valence-electron chi connectivity index (χ4n) is 1.32. The number of likely N-dealkylation sites (N-methyl/N-ethyl adjacent to an activating group) is 1. The Morgan fingerprint density at radius 3 is 2.93 bits per heavy atom. The summed E-state index contributed by atoms with van der Waals surface area (Å²) in [5.74, 6) is 1.44. The van der Waals surface area contributed by atoms with Gasteiger partial charge < -0.3 is 9.64 Å². The van der Waals surface area contributed by atoms with E-state index in [9.17, 15) is 0 Å². The maximum absolute atomic E-state index is 5.77. The topological polar surface area (TPSA) is 25.4 Å². The zero-order chi connectivity index (χ0) is 11.3. The van der Waals surface area contributed by atoms with Gasteiger partial charge in [-0.25, -0.2) is 4.98 Å². The van der Waals surface area contributed by atoms with Gasteiger partial charge in [-0.3, -0.25) is 0 Å². The van der Waals surface area contributed by atoms with Crippen LogP contribution in [0, 0.1) is 0 Å². The van der Waals surface area contributed by atoms with Gasteiger partial charge in [0, 0.05) is 26.2 Å². The molecule has 0 bridgehead atoms. The zero-order valence-electron chi connectivity index (χ0n) is 9.40. The summed E-state index contributed by atoms with van der Waals surface area (Å²) in [7, 11) is 3.71. The van der Waals surface area contributed by atoms with Crippen LogP contribution in [0.5, 0.6) is 0 Å². The van der Waals surface area contributed by atoms with E-state index in [2.05, 4.69) is 16.8 Å². The molecule has 1 aromatic rings. The molecule has 0 amide bonds. The Kier molecular flexibility index (Phi) is 4.85. The number of rotatable bonds is 5. The zero-order valence-corrected chi connectivity index (χ0v) is 10.2. The molecule has 0 aliphatic rings. The molecule has 1 heterocycles. The van der Waals surface area contributed by atoms with Gasteiger partial charge >= 0.3 is 0 Å². The smallest absolute Gasteiger partial charge is 0.128 e. The van der Waals surface area contributed by atoms with Crippen LogP contribution in [0.2, 0.25) is 0 Å². The average molecular weight is 229 g/mol. The van der Waals surface area contributed by atoms with Crippen molar-refractivity contribution in [1.29, 1.82) is 0 Å². The van der Waals surface area contributed by atoms with Gasteiger partial charge in [0.15, 0.2) is 0 Å². The molecule has 0 fully saturated rings. The molecule has 0 aliphatic carbocycles. The van der Waals surface area contributed by atoms with Crippen molar-refractivity contribution in [2.75, 3.05) is 25.7 Å². The van der Waals surface area contributed by atoms with Crippen LogP contribution in [-0.4, -0.2) is 31.8 Å². The summed E-state index contributed by atoms with van der Waals surface area (Å²) in [5.41, 5.74) is 1.08. The highest BCUT2D eigenvalue weighted by molar-refractivity contribution is 6.17. The molecule has 0 saturated heterocycles. The summed E-state index contributed by atoms with van der Waals surface area (Å²) < 4.78 is 5.11. The minimum atomic E-state index is 0.299. The lowest BCUT2D eigenvalue weighted by Gasteiger charge is -2.25. The first kappa shape index (κ1) is 12.3. The van der Waals surface area contributed by atoms with Crippen molar-refractivity contribution in [1.82, 2.24) is 4.98 Å². The standard InChI is InChI=1S/C11H17ClN2O/c1-9(8-15-3)14(2)11-6-10(7-12)4-5-13-11/h4-6,9H,7-8H2,1-3H3. The summed E-state index contributed by atoms with van der Waals surface area (Å²) in [6.07, 6.45) is 1.78. The number of anilines is 1. The molecule has 0 aliphatic heterocycles. The normalized spacial score (nSPS) is 12.5. The molecule has 0 aromatic carbocycles. The van der Waals surface area contributed by atoms with Crippen LogP contribution in [0.25, 0.3) is 0 Å². The van der Waals surface area contributed by atoms with Crippen molar-refractivity contribution >= 4 is 17.4 Å². The number of hydrogen-bond donors (Lipinski definition) is 0. The fourth-order valence-corrected chi connectivity index (χ4v) is 1.48. The highest BCUT2D eigenvalue weighted by Crippen LogP contribution is 2.14. The third kappa shape index (κ3) is 3.36. The Bertz CT molecular complexity index is 306. The molecule has 1 unspecified atom stereocenters. The molecule has 0 saturated carbocycles. The van der Waals surface area contributed by atoms with E-state index in [-0.39, 0.29) is 0 Å². The van der Waals surface area contributed by atoms with E-state index >= 15 is 0 Å². The number of nitrogens with zero attached hydrogens (tertiary/aromatic N) is 2. The molecule has 1 aromatic heterocycles. The second-order valence-corrected chi connectivity index (χ2v) is 3.84. The van der Waals surface area contributed by atoms with Crippen LogP contribution in [-0.2, 0) is 10.6 Å². The second kappa shape index (κ2) is 5.93. The quantitative estimate of drug-likeness (QED) is 0.724. The van der Waals surface area contributed by atoms with E-state index in [1.165, 1.54) is 0 Å². The molecule has 0 spiro atoms. The molecule has 84 valence electrons. The minimum absolute atomic E-state index is 0.299. The number of methoxy groups -OCH3 is 1. The van der Waals surface area contributed by atoms with Crippen molar-refractivity contribution < 1.29 is 4.74 Å². The third-order valence-electron chi connectivity index (χ3n) is 2.39. The number of aromatic nitrogens is 1. The molecular formula is C11H17ClN2O. The van der Waals surface area contributed by atoms with Gasteiger partial charge in [0.25, 0.3) is 0 Å². The van der Waals surface area contributed by atoms with Crippen LogP contribution < -0.4 is 4.90 Å². The SMILES string of the molecule is COCC(C)N(C)c1cc(CCl)ccn1. The van der Waals surface area contributed by atoms with Gasteiger partial charge in [0.2, 0.25) is 0 Å². The maximum atomic E-state index is 5.77. The van der Waals surface area contributed by atoms with E-state index in [1.807, 2.05) is 19.2 Å². The summed E-state index contributed by atoms with van der Waals surface area (Å²) in [6.45, 7) is 2.78. The summed E-state index contributed by atoms with van der Waals surface area (Å²) >= 11 is 5.77. The number of halogens is 1. The lowest BCUT2D eigenvalue weighted by molar-refractivity contribution is 0.183. The van der Waals surface area contributed by atoms with E-state index in [0.717, 1.165) is 11.4 Å². The Morgan fingerprint density at radius 1 is 1.60 bits per heavy atom. The van der Waals surface area contributed by atoms with Crippen molar-refractivity contribution in [2.45, 2.75) is 18.8 Å². The molecule has 1 rings (SSSR count). The molecule has 3 nitrogen and oxygen atoms in total. The van der Waals surface area contributed by atoms with Crippen molar-refractivity contribution in [3.05, 3.63) is 23.9 Å². The Balaban J connectivity index is 2.76. The number of pyridine rings is 1. The highest BCUT2D eigenvalue weighted by atomic mass is 35.5. The number of ether oxygens (including phenoxy) is 1. The minimum Gasteiger partial charge on any atom is -0.383 e. The molecule has 0 radical (unpaired) electrons. The maximum Gasteiger partial charge on any atom is 0.128 e. The van der Waals surface area contributed by atoms with Gasteiger partial charge in [-0.2, -0.15) is 0 Å². The monoisotopic (exact) mass is 228 g/mol. The Hall–Kier alpha value is -0.800. The molecule has 0 N–H and O–H groups in total. The molecule has 4 heteroatoms. The van der Waals surface area contributed by atoms with Crippen LogP contribution in [0.1, 0.15) is 12.5 Å². The molecular weight excluding hydrogens is 212 g/mol. The fraction of sp³-hybridized carbons (Fsp3) is 0.545. The third-order valence-corrected chi connectivity index (χ3v) is 2.70. The van der Waals surface area contributed by atoms with E-state index < -0.39 is 0 Å². The summed E-state index contributed by atoms with van der Waals surface area (Å²) in [4.78, 5) is 6.39. The first-order valence-electron chi connectivity index (χ1n) is 4.91. The lowest BCUT2D eigenvalue weighted by Crippen LogP contribution is -2.33. The predicted octanol–water partition coefficient (Wildman–Crippen LogP) is 2.29. The average Bonchev–Trinajstić information content (AvgIpc) is 2.28. The van der Waals surface area contributed by atoms with Gasteiger partial charge in [0.1, 0.15) is 5.82 Å². The van der Waals surface area contributed by atoms with E-state index in [4.69, 9.17) is 16.3 Å². The Morgan fingerprint density at radius 2 is 2.33 bits per heavy atom. The number of alkyl halides is 1. The first-order valence-corrected chi connectivity index (χ1v) is 5.45. The van der Waals surface area contributed by atoms with Gasteiger partial charge in [-0.05, 0) is 24.6 Å². The van der Waals surface area contributed by atoms with Crippen molar-refractivity contribution in [2.24, 2.45) is 0 Å². The predicted molar refractivity (Wildman–Crippen MR) is 63.5 cm³/mol. The van der Waals surface area contributed by atoms with Crippen LogP contribution in [0.15, 0.2) is 18.3 Å². The van der Waals surface area contributed by atoms with Crippen LogP contribution >= 0.6 is 11.6 Å². The van der Waals surface area contributed by atoms with Crippen molar-refractivity contribution in [3.8, 4) is 0 Å². The molecule has 1 atom stereocenters. The summed E-state index contributed by atoms with van der Waals surface area (Å²) in [5, 5.41) is 0. The van der Waals surface area contributed by atoms with Gasteiger partial charge in [0.05, 0.1) is 12.6 Å². The largest absolute Gasteiger partial charge is 0.383 e. The van der Waals surface area contributed by atoms with Crippen molar-refractivity contribution in [3.63, 3.8) is 0 Å². The Labute approximate surface area is 96.0 Å². The van der Waals surface area contributed by atoms with Crippen LogP contribution in [0.3, 0.4) is 0 Å². The van der Waals surface area contributed by atoms with E-state index in [0.29, 0.717) is 18.5 Å². The highest BCUT2D eigenvalue weighted by Gasteiger charge is 2.10. The lowest BCUT2D eigenvalue weighted by atomic mass is 10.2. The number of hydrogen-bond acceptors (Lipinski definition) is 3.